The summed E-state index contributed by atoms with van der Waals surface area (Å²) < 4.78 is 0. The number of anilines is 1. The van der Waals surface area contributed by atoms with E-state index in [1.807, 2.05) is 12.3 Å². The van der Waals surface area contributed by atoms with Crippen LogP contribution in [0.1, 0.15) is 26.8 Å². The largest absolute Gasteiger partial charge is 0.323 e. The number of Topliss-reactive ketones (excluding diaryl/α,β-unsaturated/α-hetero) is 1. The molecule has 0 radical (unpaired) electrons. The number of nitrogens with one attached hydrogen (secondary N) is 1. The molecule has 0 spiro atoms. The minimum absolute atomic E-state index is 0.232. The van der Waals surface area contributed by atoms with E-state index in [0.29, 0.717) is 16.3 Å². The number of hydrogen-bond acceptors (Lipinski definition) is 4. The van der Waals surface area contributed by atoms with Crippen LogP contribution in [0.5, 0.6) is 0 Å². The zero-order valence-corrected chi connectivity index (χ0v) is 11.5. The van der Waals surface area contributed by atoms with Crippen LogP contribution in [0.25, 0.3) is 0 Å². The van der Waals surface area contributed by atoms with Gasteiger partial charge in [0.05, 0.1) is 16.3 Å². The van der Waals surface area contributed by atoms with E-state index < -0.39 is 5.92 Å². The van der Waals surface area contributed by atoms with Crippen LogP contribution in [0.4, 0.5) is 5.69 Å². The molecule has 0 aliphatic carbocycles. The number of carbonyl (C=O) groups is 2. The lowest BCUT2D eigenvalue weighted by molar-refractivity contribution is -0.116. The van der Waals surface area contributed by atoms with Crippen LogP contribution in [-0.2, 0) is 4.79 Å². The maximum Gasteiger partial charge on any atom is 0.241 e. The van der Waals surface area contributed by atoms with Crippen molar-refractivity contribution >= 4 is 40.3 Å². The molecule has 19 heavy (non-hydrogen) atoms. The fraction of sp³-hybridized carbons (Fsp3) is 0.154. The molecular formula is C13H9ClN2O2S. The molecule has 0 bridgehead atoms. The maximum absolute atomic E-state index is 12.4. The smallest absolute Gasteiger partial charge is 0.241 e. The van der Waals surface area contributed by atoms with Crippen molar-refractivity contribution in [2.24, 2.45) is 0 Å². The summed E-state index contributed by atoms with van der Waals surface area (Å²) in [7, 11) is 0. The Balaban J connectivity index is 2.04. The topological polar surface area (TPSA) is 59.1 Å². The molecule has 1 aliphatic rings. The van der Waals surface area contributed by atoms with Crippen LogP contribution in [0, 0.1) is 6.92 Å². The van der Waals surface area contributed by atoms with E-state index in [4.69, 9.17) is 11.6 Å². The minimum Gasteiger partial charge on any atom is -0.323 e. The van der Waals surface area contributed by atoms with Gasteiger partial charge in [-0.3, -0.25) is 9.59 Å². The summed E-state index contributed by atoms with van der Waals surface area (Å²) in [5.41, 5.74) is 1.97. The number of aromatic nitrogens is 1. The number of hydrogen-bond donors (Lipinski definition) is 1. The van der Waals surface area contributed by atoms with Crippen molar-refractivity contribution in [3.05, 3.63) is 44.9 Å². The van der Waals surface area contributed by atoms with Gasteiger partial charge in [-0.25, -0.2) is 4.98 Å². The van der Waals surface area contributed by atoms with Crippen LogP contribution >= 0.6 is 22.9 Å². The summed E-state index contributed by atoms with van der Waals surface area (Å²) in [5.74, 6) is -1.48. The minimum atomic E-state index is -0.897. The standard InChI is InChI=1S/C13H9ClN2O2S/c1-6-4-8(19-5-6)12(17)10-11-7(15-13(10)18)2-3-9(14)16-11/h2-5,10H,1H3,(H,15,18). The number of rotatable bonds is 2. The van der Waals surface area contributed by atoms with Crippen molar-refractivity contribution in [1.82, 2.24) is 4.98 Å². The van der Waals surface area contributed by atoms with Gasteiger partial charge in [-0.1, -0.05) is 11.6 Å². The van der Waals surface area contributed by atoms with Crippen LogP contribution in [0.15, 0.2) is 23.6 Å². The third-order valence-corrected chi connectivity index (χ3v) is 4.19. The number of amides is 1. The Hall–Kier alpha value is -1.72. The summed E-state index contributed by atoms with van der Waals surface area (Å²) in [5, 5.41) is 4.81. The van der Waals surface area contributed by atoms with Gasteiger partial charge < -0.3 is 5.32 Å². The van der Waals surface area contributed by atoms with Gasteiger partial charge in [0.2, 0.25) is 5.91 Å². The second-order valence-electron chi connectivity index (χ2n) is 4.34. The zero-order valence-electron chi connectivity index (χ0n) is 9.94. The third kappa shape index (κ3) is 2.05. The molecule has 0 saturated carbocycles. The first-order chi connectivity index (χ1) is 9.06. The van der Waals surface area contributed by atoms with Crippen LogP contribution in [0.3, 0.4) is 0 Å². The van der Waals surface area contributed by atoms with Gasteiger partial charge in [0, 0.05) is 0 Å². The summed E-state index contributed by atoms with van der Waals surface area (Å²) in [6, 6.07) is 5.03. The van der Waals surface area contributed by atoms with E-state index >= 15 is 0 Å². The van der Waals surface area contributed by atoms with Gasteiger partial charge in [-0.05, 0) is 36.1 Å². The van der Waals surface area contributed by atoms with E-state index in [-0.39, 0.29) is 16.8 Å². The quantitative estimate of drug-likeness (QED) is 0.526. The highest BCUT2D eigenvalue weighted by atomic mass is 35.5. The highest BCUT2D eigenvalue weighted by molar-refractivity contribution is 7.12. The van der Waals surface area contributed by atoms with Crippen molar-refractivity contribution in [3.8, 4) is 0 Å². The van der Waals surface area contributed by atoms with Gasteiger partial charge >= 0.3 is 0 Å². The Labute approximate surface area is 118 Å². The molecule has 96 valence electrons. The summed E-state index contributed by atoms with van der Waals surface area (Å²) >= 11 is 7.17. The zero-order chi connectivity index (χ0) is 13.6. The van der Waals surface area contributed by atoms with E-state index in [1.165, 1.54) is 11.3 Å². The Morgan fingerprint density at radius 1 is 1.47 bits per heavy atom. The van der Waals surface area contributed by atoms with Crippen LogP contribution in [-0.4, -0.2) is 16.7 Å². The number of thiophene rings is 1. The first-order valence-corrected chi connectivity index (χ1v) is 6.88. The number of ketones is 1. The molecule has 0 aromatic carbocycles. The maximum atomic E-state index is 12.4. The molecule has 6 heteroatoms. The van der Waals surface area contributed by atoms with Gasteiger partial charge in [-0.2, -0.15) is 0 Å². The van der Waals surface area contributed by atoms with Crippen molar-refractivity contribution < 1.29 is 9.59 Å². The van der Waals surface area contributed by atoms with Crippen molar-refractivity contribution in [3.63, 3.8) is 0 Å². The van der Waals surface area contributed by atoms with Crippen LogP contribution in [0.2, 0.25) is 5.15 Å². The summed E-state index contributed by atoms with van der Waals surface area (Å²) in [6.45, 7) is 1.91. The van der Waals surface area contributed by atoms with Crippen molar-refractivity contribution in [2.75, 3.05) is 5.32 Å². The molecule has 1 atom stereocenters. The molecule has 3 rings (SSSR count). The number of halogens is 1. The van der Waals surface area contributed by atoms with E-state index in [1.54, 1.807) is 18.2 Å². The molecule has 2 aromatic heterocycles. The average Bonchev–Trinajstić information content (AvgIpc) is 2.91. The lowest BCUT2D eigenvalue weighted by atomic mass is 9.99. The number of carbonyl (C=O) groups excluding carboxylic acids is 2. The van der Waals surface area contributed by atoms with Crippen LogP contribution < -0.4 is 5.32 Å². The predicted molar refractivity (Wildman–Crippen MR) is 74.0 cm³/mol. The number of nitrogens with zero attached hydrogens (tertiary/aromatic N) is 1. The fourth-order valence-electron chi connectivity index (χ4n) is 2.05. The summed E-state index contributed by atoms with van der Waals surface area (Å²) in [6.07, 6.45) is 0. The molecule has 1 unspecified atom stereocenters. The highest BCUT2D eigenvalue weighted by Crippen LogP contribution is 2.35. The first-order valence-electron chi connectivity index (χ1n) is 5.63. The lowest BCUT2D eigenvalue weighted by Gasteiger charge is -2.05. The lowest BCUT2D eigenvalue weighted by Crippen LogP contribution is -2.20. The van der Waals surface area contributed by atoms with Gasteiger partial charge in [0.15, 0.2) is 5.78 Å². The number of fused-ring (bicyclic) bond motifs is 1. The van der Waals surface area contributed by atoms with E-state index in [2.05, 4.69) is 10.3 Å². The summed E-state index contributed by atoms with van der Waals surface area (Å²) in [4.78, 5) is 29.0. The third-order valence-electron chi connectivity index (χ3n) is 2.92. The van der Waals surface area contributed by atoms with Crippen molar-refractivity contribution in [2.45, 2.75) is 12.8 Å². The predicted octanol–water partition coefficient (Wildman–Crippen LogP) is 3.02. The number of pyridine rings is 1. The van der Waals surface area contributed by atoms with E-state index in [0.717, 1.165) is 5.56 Å². The van der Waals surface area contributed by atoms with Crippen molar-refractivity contribution in [1.29, 1.82) is 0 Å². The Kier molecular flexibility index (Phi) is 2.88. The molecule has 1 N–H and O–H groups in total. The van der Waals surface area contributed by atoms with Gasteiger partial charge in [-0.15, -0.1) is 11.3 Å². The molecule has 1 aliphatic heterocycles. The Morgan fingerprint density at radius 2 is 2.26 bits per heavy atom. The highest BCUT2D eigenvalue weighted by Gasteiger charge is 2.38. The normalized spacial score (nSPS) is 17.2. The molecule has 2 aromatic rings. The molecule has 0 saturated heterocycles. The molecular weight excluding hydrogens is 284 g/mol. The van der Waals surface area contributed by atoms with Gasteiger partial charge in [0.1, 0.15) is 11.1 Å². The molecule has 3 heterocycles. The fourth-order valence-corrected chi connectivity index (χ4v) is 3.07. The number of aryl methyl sites for hydroxylation is 1. The average molecular weight is 293 g/mol. The van der Waals surface area contributed by atoms with Gasteiger partial charge in [0.25, 0.3) is 0 Å². The Morgan fingerprint density at radius 3 is 2.95 bits per heavy atom. The first kappa shape index (κ1) is 12.3. The van der Waals surface area contributed by atoms with E-state index in [9.17, 15) is 9.59 Å². The monoisotopic (exact) mass is 292 g/mol. The molecule has 0 fully saturated rings. The molecule has 4 nitrogen and oxygen atoms in total. The second kappa shape index (κ2) is 4.43. The Bertz CT molecular complexity index is 696. The second-order valence-corrected chi connectivity index (χ2v) is 5.64. The molecule has 1 amide bonds. The SMILES string of the molecule is Cc1csc(C(=O)C2C(=O)Nc3ccc(Cl)nc32)c1.